The van der Waals surface area contributed by atoms with Crippen LogP contribution in [0.25, 0.3) is 0 Å². The average Bonchev–Trinajstić information content (AvgIpc) is 2.14. The van der Waals surface area contributed by atoms with Crippen molar-refractivity contribution >= 4 is 11.6 Å². The van der Waals surface area contributed by atoms with Crippen molar-refractivity contribution in [2.24, 2.45) is 0 Å². The number of rotatable bonds is 3. The SMILES string of the molecule is Nc1cc(F)ccc1C(=O)NCC(F)F. The standard InChI is InChI=1S/C9H9F3N2O/c10-5-1-2-6(7(13)3-5)9(15)14-4-8(11)12/h1-3,8H,4,13H2,(H,14,15). The summed E-state index contributed by atoms with van der Waals surface area (Å²) in [5.41, 5.74) is 5.24. The maximum absolute atomic E-state index is 12.6. The van der Waals surface area contributed by atoms with Gasteiger partial charge in [-0.3, -0.25) is 4.79 Å². The molecule has 0 aliphatic carbocycles. The lowest BCUT2D eigenvalue weighted by Crippen LogP contribution is -2.29. The van der Waals surface area contributed by atoms with Crippen LogP contribution in [-0.2, 0) is 0 Å². The van der Waals surface area contributed by atoms with E-state index >= 15 is 0 Å². The van der Waals surface area contributed by atoms with E-state index in [1.165, 1.54) is 0 Å². The van der Waals surface area contributed by atoms with E-state index in [1.54, 1.807) is 0 Å². The largest absolute Gasteiger partial charge is 0.398 e. The number of carbonyl (C=O) groups excluding carboxylic acids is 1. The summed E-state index contributed by atoms with van der Waals surface area (Å²) in [5.74, 6) is -1.33. The predicted octanol–water partition coefficient (Wildman–Crippen LogP) is 1.40. The number of carbonyl (C=O) groups is 1. The molecule has 0 atom stereocenters. The molecule has 0 aromatic heterocycles. The summed E-state index contributed by atoms with van der Waals surface area (Å²) >= 11 is 0. The van der Waals surface area contributed by atoms with Gasteiger partial charge in [0, 0.05) is 5.69 Å². The van der Waals surface area contributed by atoms with Gasteiger partial charge in [0.15, 0.2) is 0 Å². The lowest BCUT2D eigenvalue weighted by Gasteiger charge is -2.06. The molecule has 0 radical (unpaired) electrons. The fourth-order valence-corrected chi connectivity index (χ4v) is 1.01. The zero-order chi connectivity index (χ0) is 11.4. The number of nitrogen functional groups attached to an aromatic ring is 1. The lowest BCUT2D eigenvalue weighted by atomic mass is 10.1. The summed E-state index contributed by atoms with van der Waals surface area (Å²) in [6, 6.07) is 3.14. The first-order chi connectivity index (χ1) is 7.00. The summed E-state index contributed by atoms with van der Waals surface area (Å²) in [4.78, 5) is 11.2. The fourth-order valence-electron chi connectivity index (χ4n) is 1.01. The van der Waals surface area contributed by atoms with Gasteiger partial charge in [-0.25, -0.2) is 13.2 Å². The number of hydrogen-bond acceptors (Lipinski definition) is 2. The highest BCUT2D eigenvalue weighted by Crippen LogP contribution is 2.13. The molecular weight excluding hydrogens is 209 g/mol. The van der Waals surface area contributed by atoms with Crippen molar-refractivity contribution in [1.82, 2.24) is 5.32 Å². The van der Waals surface area contributed by atoms with E-state index in [1.807, 2.05) is 5.32 Å². The number of nitrogens with two attached hydrogens (primary N) is 1. The zero-order valence-corrected chi connectivity index (χ0v) is 7.64. The summed E-state index contributed by atoms with van der Waals surface area (Å²) in [6.45, 7) is -0.754. The van der Waals surface area contributed by atoms with E-state index in [0.29, 0.717) is 0 Å². The van der Waals surface area contributed by atoms with Crippen molar-refractivity contribution in [2.45, 2.75) is 6.43 Å². The molecule has 0 aliphatic rings. The third-order valence-electron chi connectivity index (χ3n) is 1.68. The lowest BCUT2D eigenvalue weighted by molar-refractivity contribution is 0.0892. The molecule has 0 fully saturated rings. The van der Waals surface area contributed by atoms with Gasteiger partial charge in [-0.2, -0.15) is 0 Å². The number of nitrogens with one attached hydrogen (secondary N) is 1. The maximum atomic E-state index is 12.6. The van der Waals surface area contributed by atoms with E-state index in [-0.39, 0.29) is 11.3 Å². The Balaban J connectivity index is 2.74. The van der Waals surface area contributed by atoms with Crippen LogP contribution < -0.4 is 11.1 Å². The Bertz CT molecular complexity index is 368. The summed E-state index contributed by atoms with van der Waals surface area (Å²) in [7, 11) is 0. The average molecular weight is 218 g/mol. The molecular formula is C9H9F3N2O. The summed E-state index contributed by atoms with van der Waals surface area (Å²) < 4.78 is 36.1. The first kappa shape index (κ1) is 11.4. The molecule has 0 bridgehead atoms. The van der Waals surface area contributed by atoms with E-state index in [4.69, 9.17) is 5.73 Å². The normalized spacial score (nSPS) is 10.4. The second-order valence-electron chi connectivity index (χ2n) is 2.83. The predicted molar refractivity (Wildman–Crippen MR) is 49.1 cm³/mol. The number of halogens is 3. The molecule has 15 heavy (non-hydrogen) atoms. The van der Waals surface area contributed by atoms with E-state index in [0.717, 1.165) is 18.2 Å². The van der Waals surface area contributed by atoms with Crippen molar-refractivity contribution in [3.63, 3.8) is 0 Å². The van der Waals surface area contributed by atoms with Crippen LogP contribution in [0, 0.1) is 5.82 Å². The monoisotopic (exact) mass is 218 g/mol. The van der Waals surface area contributed by atoms with Crippen LogP contribution >= 0.6 is 0 Å². The Hall–Kier alpha value is -1.72. The van der Waals surface area contributed by atoms with Gasteiger partial charge in [0.2, 0.25) is 0 Å². The molecule has 0 saturated carbocycles. The molecule has 1 amide bonds. The minimum atomic E-state index is -2.63. The second-order valence-corrected chi connectivity index (χ2v) is 2.83. The zero-order valence-electron chi connectivity index (χ0n) is 7.64. The number of benzene rings is 1. The third kappa shape index (κ3) is 3.16. The van der Waals surface area contributed by atoms with Gasteiger partial charge in [-0.05, 0) is 18.2 Å². The Labute approximate surface area is 84.1 Å². The van der Waals surface area contributed by atoms with Crippen molar-refractivity contribution in [3.05, 3.63) is 29.6 Å². The molecule has 1 aromatic rings. The van der Waals surface area contributed by atoms with Gasteiger partial charge < -0.3 is 11.1 Å². The molecule has 1 aromatic carbocycles. The van der Waals surface area contributed by atoms with Crippen molar-refractivity contribution in [1.29, 1.82) is 0 Å². The van der Waals surface area contributed by atoms with E-state index in [2.05, 4.69) is 0 Å². The van der Waals surface area contributed by atoms with Gasteiger partial charge >= 0.3 is 0 Å². The molecule has 0 unspecified atom stereocenters. The maximum Gasteiger partial charge on any atom is 0.255 e. The van der Waals surface area contributed by atoms with Crippen LogP contribution in [-0.4, -0.2) is 18.9 Å². The minimum Gasteiger partial charge on any atom is -0.398 e. The van der Waals surface area contributed by atoms with Crippen LogP contribution in [0.15, 0.2) is 18.2 Å². The highest BCUT2D eigenvalue weighted by Gasteiger charge is 2.11. The van der Waals surface area contributed by atoms with Gasteiger partial charge in [-0.1, -0.05) is 0 Å². The van der Waals surface area contributed by atoms with E-state index < -0.39 is 24.7 Å². The Morgan fingerprint density at radius 2 is 2.13 bits per heavy atom. The minimum absolute atomic E-state index is 0.0166. The van der Waals surface area contributed by atoms with E-state index in [9.17, 15) is 18.0 Å². The van der Waals surface area contributed by atoms with Gasteiger partial charge in [0.1, 0.15) is 5.82 Å². The third-order valence-corrected chi connectivity index (χ3v) is 1.68. The highest BCUT2D eigenvalue weighted by atomic mass is 19.3. The number of alkyl halides is 2. The fraction of sp³-hybridized carbons (Fsp3) is 0.222. The molecule has 1 rings (SSSR count). The van der Waals surface area contributed by atoms with Crippen LogP contribution in [0.2, 0.25) is 0 Å². The summed E-state index contributed by atoms with van der Waals surface area (Å²) in [5, 5.41) is 1.97. The Morgan fingerprint density at radius 1 is 1.47 bits per heavy atom. The Kier molecular flexibility index (Phi) is 3.54. The topological polar surface area (TPSA) is 55.1 Å². The molecule has 0 heterocycles. The van der Waals surface area contributed by atoms with Crippen molar-refractivity contribution < 1.29 is 18.0 Å². The van der Waals surface area contributed by atoms with Crippen LogP contribution in [0.1, 0.15) is 10.4 Å². The van der Waals surface area contributed by atoms with Gasteiger partial charge in [-0.15, -0.1) is 0 Å². The molecule has 3 nitrogen and oxygen atoms in total. The molecule has 82 valence electrons. The Morgan fingerprint density at radius 3 is 2.67 bits per heavy atom. The molecule has 0 spiro atoms. The first-order valence-corrected chi connectivity index (χ1v) is 4.12. The number of hydrogen-bond donors (Lipinski definition) is 2. The second kappa shape index (κ2) is 4.68. The van der Waals surface area contributed by atoms with Crippen molar-refractivity contribution in [2.75, 3.05) is 12.3 Å². The first-order valence-electron chi connectivity index (χ1n) is 4.12. The number of anilines is 1. The van der Waals surface area contributed by atoms with Gasteiger partial charge in [0.05, 0.1) is 12.1 Å². The van der Waals surface area contributed by atoms with Gasteiger partial charge in [0.25, 0.3) is 12.3 Å². The summed E-state index contributed by atoms with van der Waals surface area (Å²) in [6.07, 6.45) is -2.63. The molecule has 0 aliphatic heterocycles. The van der Waals surface area contributed by atoms with Crippen LogP contribution in [0.5, 0.6) is 0 Å². The van der Waals surface area contributed by atoms with Crippen LogP contribution in [0.3, 0.4) is 0 Å². The van der Waals surface area contributed by atoms with Crippen molar-refractivity contribution in [3.8, 4) is 0 Å². The number of amides is 1. The smallest absolute Gasteiger partial charge is 0.255 e. The molecule has 6 heteroatoms. The van der Waals surface area contributed by atoms with Crippen LogP contribution in [0.4, 0.5) is 18.9 Å². The molecule has 3 N–H and O–H groups in total. The molecule has 0 saturated heterocycles. The highest BCUT2D eigenvalue weighted by molar-refractivity contribution is 5.99. The quantitative estimate of drug-likeness (QED) is 0.753.